The maximum atomic E-state index is 13.6. The molecule has 1 aliphatic carbocycles. The van der Waals surface area contributed by atoms with Gasteiger partial charge in [-0.15, -0.1) is 0 Å². The summed E-state index contributed by atoms with van der Waals surface area (Å²) in [5.41, 5.74) is 2.38. The third kappa shape index (κ3) is 4.82. The summed E-state index contributed by atoms with van der Waals surface area (Å²) in [5.74, 6) is 2.19. The van der Waals surface area contributed by atoms with E-state index in [0.29, 0.717) is 12.5 Å². The second kappa shape index (κ2) is 10.5. The molecule has 2 fully saturated rings. The molecule has 36 heavy (non-hydrogen) atoms. The van der Waals surface area contributed by atoms with E-state index in [1.165, 1.54) is 25.0 Å². The van der Waals surface area contributed by atoms with E-state index in [2.05, 4.69) is 23.6 Å². The van der Waals surface area contributed by atoms with Crippen molar-refractivity contribution in [3.05, 3.63) is 41.6 Å². The molecule has 8 heteroatoms. The fraction of sp³-hybridized carbons (Fsp3) is 0.571. The highest BCUT2D eigenvalue weighted by molar-refractivity contribution is 5.91. The summed E-state index contributed by atoms with van der Waals surface area (Å²) in [4.78, 5) is 27.6. The van der Waals surface area contributed by atoms with Crippen LogP contribution in [0.3, 0.4) is 0 Å². The first-order chi connectivity index (χ1) is 17.5. The van der Waals surface area contributed by atoms with E-state index >= 15 is 0 Å². The minimum atomic E-state index is -0.277. The van der Waals surface area contributed by atoms with Crippen molar-refractivity contribution in [2.45, 2.75) is 71.6 Å². The number of halogens is 1. The normalized spacial score (nSPS) is 18.1. The Bertz CT molecular complexity index is 1220. The molecule has 3 heterocycles. The van der Waals surface area contributed by atoms with Crippen molar-refractivity contribution in [1.29, 1.82) is 0 Å². The maximum Gasteiger partial charge on any atom is 0.225 e. The number of benzene rings is 1. The average Bonchev–Trinajstić information content (AvgIpc) is 3.45. The molecule has 1 amide bonds. The first kappa shape index (κ1) is 24.7. The summed E-state index contributed by atoms with van der Waals surface area (Å²) in [7, 11) is 0. The fourth-order valence-electron chi connectivity index (χ4n) is 5.73. The molecule has 2 aliphatic rings. The second-order valence-corrected chi connectivity index (χ2v) is 10.4. The molecule has 1 atom stereocenters. The first-order valence-electron chi connectivity index (χ1n) is 13.5. The number of hydrogen-bond donors (Lipinski definition) is 0. The number of carbonyl (C=O) groups is 1. The Labute approximate surface area is 212 Å². The van der Waals surface area contributed by atoms with Gasteiger partial charge in [0.25, 0.3) is 0 Å². The van der Waals surface area contributed by atoms with Crippen LogP contribution in [0.4, 0.5) is 10.2 Å². The molecule has 3 aromatic rings. The van der Waals surface area contributed by atoms with Gasteiger partial charge >= 0.3 is 0 Å². The molecule has 192 valence electrons. The predicted molar refractivity (Wildman–Crippen MR) is 140 cm³/mol. The van der Waals surface area contributed by atoms with Crippen LogP contribution in [0.5, 0.6) is 0 Å². The van der Waals surface area contributed by atoms with Gasteiger partial charge in [-0.25, -0.2) is 19.0 Å². The van der Waals surface area contributed by atoms with E-state index in [1.54, 1.807) is 12.1 Å². The summed E-state index contributed by atoms with van der Waals surface area (Å²) in [6, 6.07) is 6.37. The van der Waals surface area contributed by atoms with Crippen LogP contribution < -0.4 is 4.90 Å². The third-order valence-electron chi connectivity index (χ3n) is 7.75. The van der Waals surface area contributed by atoms with E-state index < -0.39 is 0 Å². The van der Waals surface area contributed by atoms with Gasteiger partial charge in [-0.05, 0) is 56.9 Å². The monoisotopic (exact) mass is 492 g/mol. The molecule has 7 nitrogen and oxygen atoms in total. The Morgan fingerprint density at radius 1 is 1.06 bits per heavy atom. The van der Waals surface area contributed by atoms with Crippen LogP contribution in [0, 0.1) is 18.7 Å². The van der Waals surface area contributed by atoms with Gasteiger partial charge in [0.05, 0.1) is 16.8 Å². The molecule has 0 radical (unpaired) electrons. The van der Waals surface area contributed by atoms with E-state index in [1.807, 2.05) is 11.6 Å². The Balaban J connectivity index is 1.52. The molecule has 5 rings (SSSR count). The number of aromatic nitrogens is 4. The van der Waals surface area contributed by atoms with Crippen LogP contribution in [0.2, 0.25) is 0 Å². The number of nitrogens with zero attached hydrogens (tertiary/aromatic N) is 6. The van der Waals surface area contributed by atoms with Crippen molar-refractivity contribution >= 4 is 22.8 Å². The lowest BCUT2D eigenvalue weighted by Crippen LogP contribution is -2.38. The van der Waals surface area contributed by atoms with Crippen molar-refractivity contribution in [1.82, 2.24) is 24.6 Å². The first-order valence-corrected chi connectivity index (χ1v) is 13.5. The number of hydrogen-bond acceptors (Lipinski definition) is 5. The van der Waals surface area contributed by atoms with E-state index in [4.69, 9.17) is 15.1 Å². The molecule has 2 aromatic heterocycles. The van der Waals surface area contributed by atoms with Crippen molar-refractivity contribution in [2.24, 2.45) is 5.92 Å². The molecular formula is C28H37FN6O. The van der Waals surface area contributed by atoms with Gasteiger partial charge in [0.15, 0.2) is 5.65 Å². The van der Waals surface area contributed by atoms with E-state index in [-0.39, 0.29) is 17.7 Å². The average molecular weight is 493 g/mol. The maximum absolute atomic E-state index is 13.6. The summed E-state index contributed by atoms with van der Waals surface area (Å²) < 4.78 is 15.4. The van der Waals surface area contributed by atoms with Gasteiger partial charge in [-0.1, -0.05) is 33.1 Å². The highest BCUT2D eigenvalue weighted by atomic mass is 19.1. The molecule has 0 bridgehead atoms. The number of rotatable bonds is 6. The second-order valence-electron chi connectivity index (χ2n) is 10.4. The lowest BCUT2D eigenvalue weighted by Gasteiger charge is -2.25. The zero-order valence-electron chi connectivity index (χ0n) is 21.7. The van der Waals surface area contributed by atoms with Gasteiger partial charge in [-0.3, -0.25) is 4.79 Å². The largest absolute Gasteiger partial charge is 0.354 e. The van der Waals surface area contributed by atoms with Crippen molar-refractivity contribution in [3.8, 4) is 5.69 Å². The number of aryl methyl sites for hydroxylation is 1. The lowest BCUT2D eigenvalue weighted by atomic mass is 10.1. The summed E-state index contributed by atoms with van der Waals surface area (Å²) in [6.07, 6.45) is 7.37. The van der Waals surface area contributed by atoms with Crippen molar-refractivity contribution < 1.29 is 9.18 Å². The van der Waals surface area contributed by atoms with Crippen LogP contribution in [-0.2, 0) is 4.79 Å². The molecule has 0 spiro atoms. The van der Waals surface area contributed by atoms with Crippen LogP contribution in [0.1, 0.15) is 76.2 Å². The fourth-order valence-corrected chi connectivity index (χ4v) is 5.73. The summed E-state index contributed by atoms with van der Waals surface area (Å²) in [6.45, 7) is 9.42. The van der Waals surface area contributed by atoms with Gasteiger partial charge < -0.3 is 9.80 Å². The van der Waals surface area contributed by atoms with E-state index in [9.17, 15) is 9.18 Å². The molecular weight excluding hydrogens is 455 g/mol. The predicted octanol–water partition coefficient (Wildman–Crippen LogP) is 5.40. The minimum absolute atomic E-state index is 0.208. The Morgan fingerprint density at radius 2 is 1.81 bits per heavy atom. The topological polar surface area (TPSA) is 67.2 Å². The molecule has 1 saturated heterocycles. The van der Waals surface area contributed by atoms with Crippen molar-refractivity contribution in [3.63, 3.8) is 0 Å². The van der Waals surface area contributed by atoms with Crippen LogP contribution in [0.25, 0.3) is 16.7 Å². The van der Waals surface area contributed by atoms with Crippen LogP contribution in [0.15, 0.2) is 24.3 Å². The number of amides is 1. The van der Waals surface area contributed by atoms with Gasteiger partial charge in [0.1, 0.15) is 17.5 Å². The quantitative estimate of drug-likeness (QED) is 0.461. The van der Waals surface area contributed by atoms with E-state index in [0.717, 1.165) is 85.8 Å². The smallest absolute Gasteiger partial charge is 0.225 e. The third-order valence-corrected chi connectivity index (χ3v) is 7.75. The Kier molecular flexibility index (Phi) is 7.21. The number of anilines is 1. The molecule has 0 unspecified atom stereocenters. The summed E-state index contributed by atoms with van der Waals surface area (Å²) >= 11 is 0. The highest BCUT2D eigenvalue weighted by Gasteiger charge is 2.30. The number of fused-ring (bicyclic) bond motifs is 1. The summed E-state index contributed by atoms with van der Waals surface area (Å²) in [5, 5.41) is 5.74. The minimum Gasteiger partial charge on any atom is -0.354 e. The lowest BCUT2D eigenvalue weighted by molar-refractivity contribution is -0.135. The SMILES string of the molecule is CCC[C@H](C)c1nc(N2CCCN(C(=O)C3CCCC3)CC2)c2c(C)nn(-c3ccc(F)cc3)c2n1. The van der Waals surface area contributed by atoms with Gasteiger partial charge in [0.2, 0.25) is 5.91 Å². The molecule has 1 aliphatic heterocycles. The number of carbonyl (C=O) groups excluding carboxylic acids is 1. The Morgan fingerprint density at radius 3 is 2.53 bits per heavy atom. The van der Waals surface area contributed by atoms with Crippen LogP contribution >= 0.6 is 0 Å². The Hall–Kier alpha value is -3.03. The van der Waals surface area contributed by atoms with Crippen molar-refractivity contribution in [2.75, 3.05) is 31.1 Å². The van der Waals surface area contributed by atoms with Gasteiger partial charge in [-0.2, -0.15) is 5.10 Å². The van der Waals surface area contributed by atoms with Crippen LogP contribution in [-0.4, -0.2) is 56.7 Å². The standard InChI is InChI=1S/C28H37FN6O/c1-4-8-19(2)25-30-26(33-15-7-16-34(18-17-33)28(36)21-9-5-6-10-21)24-20(3)32-35(27(24)31-25)23-13-11-22(29)12-14-23/h11-14,19,21H,4-10,15-18H2,1-3H3/t19-/m0/s1. The zero-order valence-corrected chi connectivity index (χ0v) is 21.7. The molecule has 1 saturated carbocycles. The molecule has 1 aromatic carbocycles. The molecule has 0 N–H and O–H groups in total. The highest BCUT2D eigenvalue weighted by Crippen LogP contribution is 2.33. The van der Waals surface area contributed by atoms with Gasteiger partial charge in [0, 0.05) is 38.0 Å². The zero-order chi connectivity index (χ0) is 25.2.